The van der Waals surface area contributed by atoms with E-state index in [0.717, 1.165) is 31.4 Å². The number of likely N-dealkylation sites (tertiary alicyclic amines) is 2. The number of amides is 3. The Morgan fingerprint density at radius 1 is 1.12 bits per heavy atom. The van der Waals surface area contributed by atoms with E-state index in [4.69, 9.17) is 9.52 Å². The molecule has 1 saturated carbocycles. The molecule has 0 radical (unpaired) electrons. The van der Waals surface area contributed by atoms with Crippen LogP contribution in [0.2, 0.25) is 0 Å². The number of halogens is 3. The molecule has 12 heteroatoms. The van der Waals surface area contributed by atoms with Crippen molar-refractivity contribution in [1.82, 2.24) is 15.1 Å². The van der Waals surface area contributed by atoms with Gasteiger partial charge in [-0.3, -0.25) is 4.79 Å². The summed E-state index contributed by atoms with van der Waals surface area (Å²) in [6.07, 6.45) is 2.69. The zero-order valence-corrected chi connectivity index (χ0v) is 17.9. The number of rotatable bonds is 3. The SMILES string of the molecule is N=S(=O)(c1ccc(OC2CC3(C2)CN(C(=O)N2CC4(CCC(=O)N4)C2)C3)cc1)C(F)(F)F. The molecule has 4 aliphatic rings. The van der Waals surface area contributed by atoms with Crippen molar-refractivity contribution in [3.63, 3.8) is 0 Å². The van der Waals surface area contributed by atoms with Crippen LogP contribution in [0.25, 0.3) is 0 Å². The molecule has 5 rings (SSSR count). The summed E-state index contributed by atoms with van der Waals surface area (Å²) < 4.78 is 62.8. The van der Waals surface area contributed by atoms with E-state index in [2.05, 4.69) is 5.32 Å². The molecule has 4 fully saturated rings. The summed E-state index contributed by atoms with van der Waals surface area (Å²) in [5.74, 6) is 0.409. The van der Waals surface area contributed by atoms with Gasteiger partial charge in [-0.25, -0.2) is 13.8 Å². The number of urea groups is 1. The number of hydrogen-bond donors (Lipinski definition) is 2. The first-order valence-corrected chi connectivity index (χ1v) is 11.9. The zero-order valence-electron chi connectivity index (χ0n) is 17.1. The van der Waals surface area contributed by atoms with Crippen molar-refractivity contribution in [3.05, 3.63) is 24.3 Å². The van der Waals surface area contributed by atoms with Gasteiger partial charge in [-0.1, -0.05) is 0 Å². The van der Waals surface area contributed by atoms with Crippen molar-refractivity contribution in [1.29, 1.82) is 4.78 Å². The third-order valence-corrected chi connectivity index (χ3v) is 8.51. The van der Waals surface area contributed by atoms with Crippen LogP contribution in [-0.2, 0) is 14.5 Å². The van der Waals surface area contributed by atoms with Gasteiger partial charge in [0.2, 0.25) is 5.91 Å². The molecule has 1 atom stereocenters. The van der Waals surface area contributed by atoms with Gasteiger partial charge in [0.05, 0.1) is 10.4 Å². The highest BCUT2D eigenvalue weighted by Gasteiger charge is 2.57. The van der Waals surface area contributed by atoms with Crippen LogP contribution < -0.4 is 10.1 Å². The predicted octanol–water partition coefficient (Wildman–Crippen LogP) is 2.54. The predicted molar refractivity (Wildman–Crippen MR) is 106 cm³/mol. The van der Waals surface area contributed by atoms with Crippen molar-refractivity contribution in [3.8, 4) is 5.75 Å². The zero-order chi connectivity index (χ0) is 22.9. The molecule has 1 aliphatic carbocycles. The van der Waals surface area contributed by atoms with E-state index in [9.17, 15) is 27.0 Å². The summed E-state index contributed by atoms with van der Waals surface area (Å²) >= 11 is 0. The maximum absolute atomic E-state index is 12.7. The van der Waals surface area contributed by atoms with Crippen molar-refractivity contribution < 1.29 is 31.7 Å². The second-order valence-electron chi connectivity index (χ2n) is 9.44. The van der Waals surface area contributed by atoms with Crippen molar-refractivity contribution in [2.75, 3.05) is 26.2 Å². The van der Waals surface area contributed by atoms with E-state index in [0.29, 0.717) is 38.3 Å². The molecule has 8 nitrogen and oxygen atoms in total. The number of carbonyl (C=O) groups is 2. The van der Waals surface area contributed by atoms with E-state index >= 15 is 0 Å². The number of nitrogens with one attached hydrogen (secondary N) is 2. The number of hydrogen-bond acceptors (Lipinski definition) is 5. The van der Waals surface area contributed by atoms with E-state index in [1.54, 1.807) is 9.80 Å². The fourth-order valence-electron chi connectivity index (χ4n) is 5.21. The summed E-state index contributed by atoms with van der Waals surface area (Å²) in [4.78, 5) is 27.0. The molecule has 0 aromatic heterocycles. The summed E-state index contributed by atoms with van der Waals surface area (Å²) in [5, 5.41) is 2.96. The van der Waals surface area contributed by atoms with Crippen molar-refractivity contribution in [2.45, 2.75) is 47.7 Å². The Morgan fingerprint density at radius 2 is 1.72 bits per heavy atom. The maximum atomic E-state index is 12.7. The van der Waals surface area contributed by atoms with Gasteiger partial charge in [-0.15, -0.1) is 0 Å². The minimum atomic E-state index is -5.12. The average molecular weight is 472 g/mol. The Bertz CT molecular complexity index is 1050. The molecule has 174 valence electrons. The van der Waals surface area contributed by atoms with Crippen molar-refractivity contribution >= 4 is 21.7 Å². The van der Waals surface area contributed by atoms with Crippen LogP contribution in [0.15, 0.2) is 29.2 Å². The largest absolute Gasteiger partial charge is 0.490 e. The number of alkyl halides is 3. The van der Waals surface area contributed by atoms with E-state index < -0.39 is 20.1 Å². The Morgan fingerprint density at radius 3 is 2.25 bits per heavy atom. The first-order valence-electron chi connectivity index (χ1n) is 10.4. The second kappa shape index (κ2) is 6.75. The smallest absolute Gasteiger partial charge is 0.483 e. The standard InChI is InChI=1S/C20H23F3N4O4S/c21-20(22,23)32(24,30)15-3-1-13(2-4-15)31-14-7-18(8-14)9-26(10-18)17(29)27-11-19(12-27)6-5-16(28)25-19/h1-4,14,24H,5-12H2,(H,25,28). The lowest BCUT2D eigenvalue weighted by Crippen LogP contribution is -2.74. The summed E-state index contributed by atoms with van der Waals surface area (Å²) in [5.41, 5.74) is -5.32. The average Bonchev–Trinajstić information content (AvgIpc) is 3.02. The van der Waals surface area contributed by atoms with Crippen LogP contribution >= 0.6 is 0 Å². The molecule has 2 N–H and O–H groups in total. The molecule has 1 aromatic carbocycles. The lowest BCUT2D eigenvalue weighted by atomic mass is 9.62. The second-order valence-corrected chi connectivity index (χ2v) is 11.5. The van der Waals surface area contributed by atoms with Gasteiger partial charge < -0.3 is 19.9 Å². The van der Waals surface area contributed by atoms with Gasteiger partial charge in [-0.2, -0.15) is 13.2 Å². The minimum absolute atomic E-state index is 0.00832. The van der Waals surface area contributed by atoms with Gasteiger partial charge in [0.25, 0.3) is 0 Å². The van der Waals surface area contributed by atoms with Gasteiger partial charge in [0, 0.05) is 38.0 Å². The molecule has 3 amide bonds. The van der Waals surface area contributed by atoms with Gasteiger partial charge in [0.1, 0.15) is 11.9 Å². The summed E-state index contributed by atoms with van der Waals surface area (Å²) in [6, 6.07) is 4.63. The first-order chi connectivity index (χ1) is 14.9. The van der Waals surface area contributed by atoms with Crippen LogP contribution in [0.4, 0.5) is 18.0 Å². The molecule has 3 heterocycles. The summed E-state index contributed by atoms with van der Waals surface area (Å²) in [6.45, 7) is 2.41. The number of nitrogens with zero attached hydrogens (tertiary/aromatic N) is 2. The number of carbonyl (C=O) groups excluding carboxylic acids is 2. The Labute approximate surface area is 183 Å². The molecular formula is C20H23F3N4O4S. The lowest BCUT2D eigenvalue weighted by molar-refractivity contribution is -0.121. The Hall–Kier alpha value is -2.50. The molecule has 3 saturated heterocycles. The third-order valence-electron chi connectivity index (χ3n) is 6.92. The van der Waals surface area contributed by atoms with E-state index in [1.807, 2.05) is 0 Å². The molecule has 1 unspecified atom stereocenters. The monoisotopic (exact) mass is 472 g/mol. The van der Waals surface area contributed by atoms with Crippen molar-refractivity contribution in [2.24, 2.45) is 5.41 Å². The normalized spacial score (nSPS) is 25.5. The van der Waals surface area contributed by atoms with Gasteiger partial charge in [-0.05, 0) is 43.5 Å². The van der Waals surface area contributed by atoms with Gasteiger partial charge >= 0.3 is 11.5 Å². The third kappa shape index (κ3) is 3.39. The van der Waals surface area contributed by atoms with Crippen LogP contribution in [0.1, 0.15) is 25.7 Å². The highest BCUT2D eigenvalue weighted by molar-refractivity contribution is 7.93. The van der Waals surface area contributed by atoms with Gasteiger partial charge in [0.15, 0.2) is 9.73 Å². The van der Waals surface area contributed by atoms with Crippen LogP contribution in [0.5, 0.6) is 5.75 Å². The summed E-state index contributed by atoms with van der Waals surface area (Å²) in [7, 11) is -4.87. The van der Waals surface area contributed by atoms with E-state index in [1.165, 1.54) is 12.1 Å². The van der Waals surface area contributed by atoms with Crippen LogP contribution in [0, 0.1) is 10.2 Å². The van der Waals surface area contributed by atoms with Crippen LogP contribution in [-0.4, -0.2) is 69.3 Å². The number of benzene rings is 1. The molecule has 2 spiro atoms. The minimum Gasteiger partial charge on any atom is -0.490 e. The molecule has 32 heavy (non-hydrogen) atoms. The molecule has 1 aromatic rings. The Balaban J connectivity index is 1.08. The maximum Gasteiger partial charge on any atom is 0.483 e. The first kappa shape index (κ1) is 21.4. The highest BCUT2D eigenvalue weighted by atomic mass is 32.2. The fraction of sp³-hybridized carbons (Fsp3) is 0.600. The molecule has 3 aliphatic heterocycles. The fourth-order valence-corrected chi connectivity index (χ4v) is 6.00. The quantitative estimate of drug-likeness (QED) is 0.706. The molecule has 0 bridgehead atoms. The number of ether oxygens (including phenoxy) is 1. The van der Waals surface area contributed by atoms with Crippen LogP contribution in [0.3, 0.4) is 0 Å². The van der Waals surface area contributed by atoms with E-state index in [-0.39, 0.29) is 29.0 Å². The molecular weight excluding hydrogens is 449 g/mol. The lowest BCUT2D eigenvalue weighted by Gasteiger charge is -2.60. The Kier molecular flexibility index (Phi) is 4.50. The topological polar surface area (TPSA) is 103 Å². The highest BCUT2D eigenvalue weighted by Crippen LogP contribution is 2.50.